The molecule has 2 aromatic heterocycles. The highest BCUT2D eigenvalue weighted by Crippen LogP contribution is 2.29. The number of oxazole rings is 1. The van der Waals surface area contributed by atoms with Gasteiger partial charge in [-0.2, -0.15) is 13.2 Å². The van der Waals surface area contributed by atoms with Crippen molar-refractivity contribution in [2.45, 2.75) is 25.1 Å². The lowest BCUT2D eigenvalue weighted by molar-refractivity contribution is -0.136. The van der Waals surface area contributed by atoms with Gasteiger partial charge >= 0.3 is 6.18 Å². The second kappa shape index (κ2) is 6.00. The number of nitrogens with zero attached hydrogens (tertiary/aromatic N) is 2. The number of pyridine rings is 1. The van der Waals surface area contributed by atoms with Gasteiger partial charge in [-0.3, -0.25) is 4.98 Å². The van der Waals surface area contributed by atoms with E-state index in [1.165, 1.54) is 0 Å². The molecule has 0 aliphatic heterocycles. The van der Waals surface area contributed by atoms with Crippen molar-refractivity contribution in [2.24, 2.45) is 5.73 Å². The molecule has 1 aromatic carbocycles. The fourth-order valence-corrected chi connectivity index (χ4v) is 2.27. The zero-order valence-corrected chi connectivity index (χ0v) is 12.0. The van der Waals surface area contributed by atoms with E-state index in [1.54, 1.807) is 18.5 Å². The van der Waals surface area contributed by atoms with Crippen molar-refractivity contribution in [3.05, 3.63) is 48.6 Å². The van der Waals surface area contributed by atoms with E-state index in [9.17, 15) is 13.2 Å². The number of aromatic nitrogens is 2. The third-order valence-electron chi connectivity index (χ3n) is 3.47. The minimum atomic E-state index is -4.24. The molecule has 2 N–H and O–H groups in total. The molecule has 0 fully saturated rings. The Kier molecular flexibility index (Phi) is 4.04. The standard InChI is InChI=1S/C16H14F3N3O/c17-16(18,19)6-3-12(20)15-22-13-9-11(1-2-14(13)23-15)10-4-7-21-8-5-10/h1-2,4-5,7-9,12H,3,6,20H2. The second-order valence-corrected chi connectivity index (χ2v) is 5.23. The zero-order valence-electron chi connectivity index (χ0n) is 12.0. The van der Waals surface area contributed by atoms with E-state index in [0.29, 0.717) is 11.1 Å². The van der Waals surface area contributed by atoms with Gasteiger partial charge in [-0.25, -0.2) is 4.98 Å². The summed E-state index contributed by atoms with van der Waals surface area (Å²) in [6.45, 7) is 0. The van der Waals surface area contributed by atoms with Crippen LogP contribution in [0.5, 0.6) is 0 Å². The zero-order chi connectivity index (χ0) is 16.4. The van der Waals surface area contributed by atoms with E-state index in [-0.39, 0.29) is 12.3 Å². The minimum Gasteiger partial charge on any atom is -0.439 e. The van der Waals surface area contributed by atoms with Crippen LogP contribution in [0.1, 0.15) is 24.8 Å². The third kappa shape index (κ3) is 3.68. The summed E-state index contributed by atoms with van der Waals surface area (Å²) in [7, 11) is 0. The monoisotopic (exact) mass is 321 g/mol. The molecule has 120 valence electrons. The lowest BCUT2D eigenvalue weighted by Crippen LogP contribution is -2.16. The van der Waals surface area contributed by atoms with E-state index in [4.69, 9.17) is 10.2 Å². The van der Waals surface area contributed by atoms with E-state index in [0.717, 1.165) is 11.1 Å². The molecule has 0 aliphatic carbocycles. The fraction of sp³-hybridized carbons (Fsp3) is 0.250. The van der Waals surface area contributed by atoms with Crippen LogP contribution in [0.15, 0.2) is 47.1 Å². The molecule has 0 amide bonds. The van der Waals surface area contributed by atoms with Crippen LogP contribution in [0, 0.1) is 0 Å². The van der Waals surface area contributed by atoms with Crippen molar-refractivity contribution in [1.29, 1.82) is 0 Å². The summed E-state index contributed by atoms with van der Waals surface area (Å²) in [5.41, 5.74) is 8.70. The molecule has 3 aromatic rings. The predicted octanol–water partition coefficient (Wildman–Crippen LogP) is 4.23. The van der Waals surface area contributed by atoms with E-state index in [1.807, 2.05) is 24.3 Å². The van der Waals surface area contributed by atoms with Crippen LogP contribution in [0.4, 0.5) is 13.2 Å². The van der Waals surface area contributed by atoms with Crippen LogP contribution in [0.25, 0.3) is 22.2 Å². The van der Waals surface area contributed by atoms with E-state index < -0.39 is 18.6 Å². The highest BCUT2D eigenvalue weighted by Gasteiger charge is 2.29. The summed E-state index contributed by atoms with van der Waals surface area (Å²) in [6.07, 6.45) is -2.09. The van der Waals surface area contributed by atoms with Crippen LogP contribution in [0.3, 0.4) is 0 Å². The summed E-state index contributed by atoms with van der Waals surface area (Å²) < 4.78 is 42.3. The average molecular weight is 321 g/mol. The van der Waals surface area contributed by atoms with E-state index in [2.05, 4.69) is 9.97 Å². The summed E-state index contributed by atoms with van der Waals surface area (Å²) in [6, 6.07) is 8.24. The lowest BCUT2D eigenvalue weighted by atomic mass is 10.1. The number of rotatable bonds is 4. The molecular formula is C16H14F3N3O. The number of alkyl halides is 3. The molecule has 3 rings (SSSR count). The van der Waals surface area contributed by atoms with Crippen molar-refractivity contribution in [3.8, 4) is 11.1 Å². The van der Waals surface area contributed by atoms with Gasteiger partial charge in [0.2, 0.25) is 5.89 Å². The van der Waals surface area contributed by atoms with Crippen LogP contribution in [-0.2, 0) is 0 Å². The molecule has 0 saturated heterocycles. The first-order valence-electron chi connectivity index (χ1n) is 7.05. The first kappa shape index (κ1) is 15.5. The van der Waals surface area contributed by atoms with Gasteiger partial charge in [0.1, 0.15) is 5.52 Å². The summed E-state index contributed by atoms with van der Waals surface area (Å²) in [4.78, 5) is 8.18. The van der Waals surface area contributed by atoms with Gasteiger partial charge < -0.3 is 10.2 Å². The molecule has 0 saturated carbocycles. The Bertz CT molecular complexity index is 799. The van der Waals surface area contributed by atoms with Crippen LogP contribution < -0.4 is 5.73 Å². The second-order valence-electron chi connectivity index (χ2n) is 5.23. The van der Waals surface area contributed by atoms with Crippen molar-refractivity contribution in [2.75, 3.05) is 0 Å². The number of benzene rings is 1. The number of nitrogens with two attached hydrogens (primary N) is 1. The van der Waals surface area contributed by atoms with Crippen molar-refractivity contribution < 1.29 is 17.6 Å². The highest BCUT2D eigenvalue weighted by atomic mass is 19.4. The van der Waals surface area contributed by atoms with Crippen molar-refractivity contribution >= 4 is 11.1 Å². The Morgan fingerprint density at radius 3 is 2.52 bits per heavy atom. The van der Waals surface area contributed by atoms with Crippen molar-refractivity contribution in [1.82, 2.24) is 9.97 Å². The Morgan fingerprint density at radius 1 is 1.09 bits per heavy atom. The Balaban J connectivity index is 1.85. The maximum Gasteiger partial charge on any atom is 0.389 e. The molecule has 4 nitrogen and oxygen atoms in total. The molecule has 2 heterocycles. The molecule has 23 heavy (non-hydrogen) atoms. The Morgan fingerprint density at radius 2 is 1.83 bits per heavy atom. The van der Waals surface area contributed by atoms with Crippen LogP contribution >= 0.6 is 0 Å². The van der Waals surface area contributed by atoms with Crippen LogP contribution in [-0.4, -0.2) is 16.1 Å². The summed E-state index contributed by atoms with van der Waals surface area (Å²) in [5.74, 6) is 0.121. The third-order valence-corrected chi connectivity index (χ3v) is 3.47. The maximum atomic E-state index is 12.3. The normalized spacial score (nSPS) is 13.4. The van der Waals surface area contributed by atoms with Crippen molar-refractivity contribution in [3.63, 3.8) is 0 Å². The van der Waals surface area contributed by atoms with Gasteiger partial charge in [-0.1, -0.05) is 6.07 Å². The molecule has 1 unspecified atom stereocenters. The molecular weight excluding hydrogens is 307 g/mol. The van der Waals surface area contributed by atoms with Gasteiger partial charge in [0.25, 0.3) is 0 Å². The molecule has 0 spiro atoms. The fourth-order valence-electron chi connectivity index (χ4n) is 2.27. The van der Waals surface area contributed by atoms with E-state index >= 15 is 0 Å². The largest absolute Gasteiger partial charge is 0.439 e. The maximum absolute atomic E-state index is 12.3. The first-order chi connectivity index (χ1) is 10.9. The van der Waals surface area contributed by atoms with Gasteiger partial charge in [0.15, 0.2) is 5.58 Å². The molecule has 0 bridgehead atoms. The molecule has 7 heteroatoms. The first-order valence-corrected chi connectivity index (χ1v) is 7.05. The SMILES string of the molecule is NC(CCC(F)(F)F)c1nc2cc(-c3ccncc3)ccc2o1. The minimum absolute atomic E-state index is 0.121. The quantitative estimate of drug-likeness (QED) is 0.781. The summed E-state index contributed by atoms with van der Waals surface area (Å²) >= 11 is 0. The molecule has 1 atom stereocenters. The molecule has 0 radical (unpaired) electrons. The highest BCUT2D eigenvalue weighted by molar-refractivity contribution is 5.80. The molecule has 0 aliphatic rings. The van der Waals surface area contributed by atoms with Gasteiger partial charge in [-0.05, 0) is 41.8 Å². The Hall–Kier alpha value is -2.41. The van der Waals surface area contributed by atoms with Gasteiger partial charge in [0, 0.05) is 18.8 Å². The number of hydrogen-bond acceptors (Lipinski definition) is 4. The topological polar surface area (TPSA) is 64.9 Å². The van der Waals surface area contributed by atoms with Crippen LogP contribution in [0.2, 0.25) is 0 Å². The number of halogens is 3. The summed E-state index contributed by atoms with van der Waals surface area (Å²) in [5, 5.41) is 0. The smallest absolute Gasteiger partial charge is 0.389 e. The van der Waals surface area contributed by atoms with Gasteiger partial charge in [-0.15, -0.1) is 0 Å². The average Bonchev–Trinajstić information content (AvgIpc) is 2.96. The number of hydrogen-bond donors (Lipinski definition) is 1. The lowest BCUT2D eigenvalue weighted by Gasteiger charge is -2.09. The van der Waals surface area contributed by atoms with Gasteiger partial charge in [0.05, 0.1) is 6.04 Å². The Labute approximate surface area is 130 Å². The number of fused-ring (bicyclic) bond motifs is 1. The predicted molar refractivity (Wildman–Crippen MR) is 79.5 cm³/mol.